The summed E-state index contributed by atoms with van der Waals surface area (Å²) in [6, 6.07) is 7.13. The summed E-state index contributed by atoms with van der Waals surface area (Å²) in [5, 5.41) is 3.66. The third-order valence-electron chi connectivity index (χ3n) is 3.00. The first-order valence-corrected chi connectivity index (χ1v) is 6.26. The molecule has 2 rings (SSSR count). The molecule has 6 heteroatoms. The Morgan fingerprint density at radius 1 is 1.35 bits per heavy atom. The van der Waals surface area contributed by atoms with Gasteiger partial charge in [0, 0.05) is 30.4 Å². The molecule has 2 amide bonds. The summed E-state index contributed by atoms with van der Waals surface area (Å²) in [7, 11) is 1.36. The zero-order valence-corrected chi connectivity index (χ0v) is 11.4. The number of benzene rings is 1. The Kier molecular flexibility index (Phi) is 4.37. The van der Waals surface area contributed by atoms with Crippen molar-refractivity contribution in [3.05, 3.63) is 36.0 Å². The van der Waals surface area contributed by atoms with E-state index >= 15 is 0 Å². The van der Waals surface area contributed by atoms with Gasteiger partial charge in [-0.15, -0.1) is 0 Å². The molecule has 6 nitrogen and oxygen atoms in total. The van der Waals surface area contributed by atoms with Crippen LogP contribution in [0.1, 0.15) is 12.5 Å². The summed E-state index contributed by atoms with van der Waals surface area (Å²) in [5.74, 6) is -0.644. The van der Waals surface area contributed by atoms with E-state index in [1.807, 2.05) is 30.5 Å². The summed E-state index contributed by atoms with van der Waals surface area (Å²) >= 11 is 0. The summed E-state index contributed by atoms with van der Waals surface area (Å²) in [5.41, 5.74) is 4.21. The van der Waals surface area contributed by atoms with E-state index in [1.165, 1.54) is 14.0 Å². The van der Waals surface area contributed by atoms with Crippen LogP contribution in [0, 0.1) is 0 Å². The molecule has 0 spiro atoms. The Hall–Kier alpha value is -2.34. The molecule has 1 heterocycles. The molecule has 1 aromatic carbocycles. The van der Waals surface area contributed by atoms with Gasteiger partial charge in [0.15, 0.2) is 0 Å². The maximum atomic E-state index is 11.9. The van der Waals surface area contributed by atoms with Crippen molar-refractivity contribution in [1.82, 2.24) is 15.8 Å². The minimum absolute atomic E-state index is 0.263. The van der Waals surface area contributed by atoms with Gasteiger partial charge in [0.05, 0.1) is 7.11 Å². The number of hydrogen-bond acceptors (Lipinski definition) is 3. The van der Waals surface area contributed by atoms with Gasteiger partial charge in [-0.25, -0.2) is 5.48 Å². The second-order valence-electron chi connectivity index (χ2n) is 4.49. The van der Waals surface area contributed by atoms with Crippen LogP contribution < -0.4 is 10.8 Å². The van der Waals surface area contributed by atoms with E-state index in [1.54, 1.807) is 0 Å². The average molecular weight is 275 g/mol. The Balaban J connectivity index is 2.22. The maximum Gasteiger partial charge on any atom is 0.266 e. The van der Waals surface area contributed by atoms with Crippen LogP contribution in [0.15, 0.2) is 30.5 Å². The summed E-state index contributed by atoms with van der Waals surface area (Å²) in [6.07, 6.45) is 2.23. The van der Waals surface area contributed by atoms with Gasteiger partial charge in [-0.3, -0.25) is 14.4 Å². The lowest BCUT2D eigenvalue weighted by Gasteiger charge is -2.16. The second-order valence-corrected chi connectivity index (χ2v) is 4.49. The van der Waals surface area contributed by atoms with Crippen molar-refractivity contribution in [2.75, 3.05) is 7.11 Å². The normalized spacial score (nSPS) is 12.1. The van der Waals surface area contributed by atoms with Crippen LogP contribution in [-0.4, -0.2) is 29.9 Å². The first-order valence-electron chi connectivity index (χ1n) is 6.26. The van der Waals surface area contributed by atoms with E-state index in [2.05, 4.69) is 20.6 Å². The highest BCUT2D eigenvalue weighted by atomic mass is 16.6. The molecule has 0 aliphatic carbocycles. The Labute approximate surface area is 116 Å². The molecule has 1 aromatic heterocycles. The van der Waals surface area contributed by atoms with Crippen LogP contribution in [0.3, 0.4) is 0 Å². The number of rotatable bonds is 5. The van der Waals surface area contributed by atoms with Crippen molar-refractivity contribution < 1.29 is 14.4 Å². The molecule has 0 aliphatic heterocycles. The van der Waals surface area contributed by atoms with E-state index in [0.29, 0.717) is 6.42 Å². The maximum absolute atomic E-state index is 11.9. The van der Waals surface area contributed by atoms with Crippen molar-refractivity contribution in [1.29, 1.82) is 0 Å². The Morgan fingerprint density at radius 2 is 2.10 bits per heavy atom. The highest BCUT2D eigenvalue weighted by Gasteiger charge is 2.21. The van der Waals surface area contributed by atoms with Gasteiger partial charge in [-0.2, -0.15) is 0 Å². The topological polar surface area (TPSA) is 83.2 Å². The number of H-pyrrole nitrogens is 1. The molecule has 0 saturated heterocycles. The fourth-order valence-corrected chi connectivity index (χ4v) is 2.15. The fraction of sp³-hybridized carbons (Fsp3) is 0.286. The molecule has 0 bridgehead atoms. The number of fused-ring (bicyclic) bond motifs is 1. The summed E-state index contributed by atoms with van der Waals surface area (Å²) in [4.78, 5) is 30.9. The van der Waals surface area contributed by atoms with E-state index in [0.717, 1.165) is 16.5 Å². The van der Waals surface area contributed by atoms with E-state index in [-0.39, 0.29) is 11.8 Å². The lowest BCUT2D eigenvalue weighted by molar-refractivity contribution is -0.136. The quantitative estimate of drug-likeness (QED) is 0.709. The Morgan fingerprint density at radius 3 is 2.80 bits per heavy atom. The number of aromatic amines is 1. The highest BCUT2D eigenvalue weighted by Crippen LogP contribution is 2.19. The molecule has 2 aromatic rings. The largest absolute Gasteiger partial charge is 0.361 e. The molecule has 1 unspecified atom stereocenters. The van der Waals surface area contributed by atoms with Gasteiger partial charge in [0.1, 0.15) is 6.04 Å². The minimum atomic E-state index is -0.674. The zero-order chi connectivity index (χ0) is 14.5. The SMILES string of the molecule is CONC(=O)C(Cc1c[nH]c2ccccc12)NC(C)=O. The van der Waals surface area contributed by atoms with Crippen molar-refractivity contribution in [3.8, 4) is 0 Å². The number of hydroxylamine groups is 1. The highest BCUT2D eigenvalue weighted by molar-refractivity contribution is 5.88. The number of carbonyl (C=O) groups excluding carboxylic acids is 2. The van der Waals surface area contributed by atoms with Crippen LogP contribution in [0.2, 0.25) is 0 Å². The number of carbonyl (C=O) groups is 2. The van der Waals surface area contributed by atoms with Crippen LogP contribution >= 0.6 is 0 Å². The van der Waals surface area contributed by atoms with E-state index in [9.17, 15) is 9.59 Å². The molecule has 3 N–H and O–H groups in total. The van der Waals surface area contributed by atoms with Crippen LogP contribution in [-0.2, 0) is 20.8 Å². The van der Waals surface area contributed by atoms with Gasteiger partial charge in [-0.05, 0) is 11.6 Å². The van der Waals surface area contributed by atoms with E-state index in [4.69, 9.17) is 0 Å². The van der Waals surface area contributed by atoms with Crippen molar-refractivity contribution in [2.24, 2.45) is 0 Å². The fourth-order valence-electron chi connectivity index (χ4n) is 2.15. The van der Waals surface area contributed by atoms with E-state index < -0.39 is 6.04 Å². The predicted molar refractivity (Wildman–Crippen MR) is 74.8 cm³/mol. The molecular weight excluding hydrogens is 258 g/mol. The first-order chi connectivity index (χ1) is 9.61. The van der Waals surface area contributed by atoms with Crippen molar-refractivity contribution in [3.63, 3.8) is 0 Å². The lowest BCUT2D eigenvalue weighted by Crippen LogP contribution is -2.47. The first kappa shape index (κ1) is 14.1. The molecule has 1 atom stereocenters. The van der Waals surface area contributed by atoms with Crippen molar-refractivity contribution in [2.45, 2.75) is 19.4 Å². The Bertz CT molecular complexity index is 621. The van der Waals surface area contributed by atoms with Gasteiger partial charge >= 0.3 is 0 Å². The molecule has 106 valence electrons. The number of amides is 2. The van der Waals surface area contributed by atoms with Gasteiger partial charge < -0.3 is 10.3 Å². The number of hydrogen-bond donors (Lipinski definition) is 3. The second kappa shape index (κ2) is 6.21. The number of aromatic nitrogens is 1. The molecular formula is C14H17N3O3. The molecule has 0 saturated carbocycles. The van der Waals surface area contributed by atoms with Crippen LogP contribution in [0.5, 0.6) is 0 Å². The zero-order valence-electron chi connectivity index (χ0n) is 11.4. The molecule has 0 aliphatic rings. The van der Waals surface area contributed by atoms with Gasteiger partial charge in [-0.1, -0.05) is 18.2 Å². The minimum Gasteiger partial charge on any atom is -0.361 e. The van der Waals surface area contributed by atoms with Crippen molar-refractivity contribution >= 4 is 22.7 Å². The molecule has 0 radical (unpaired) electrons. The van der Waals surface area contributed by atoms with Gasteiger partial charge in [0.2, 0.25) is 5.91 Å². The number of nitrogens with one attached hydrogen (secondary N) is 3. The average Bonchev–Trinajstić information content (AvgIpc) is 2.81. The van der Waals surface area contributed by atoms with Crippen LogP contribution in [0.25, 0.3) is 10.9 Å². The summed E-state index contributed by atoms with van der Waals surface area (Å²) < 4.78 is 0. The lowest BCUT2D eigenvalue weighted by atomic mass is 10.0. The number of para-hydroxylation sites is 1. The standard InChI is InChI=1S/C14H17N3O3/c1-9(18)16-13(14(19)17-20-2)7-10-8-15-12-6-4-3-5-11(10)12/h3-6,8,13,15H,7H2,1-2H3,(H,16,18)(H,17,19). The molecule has 20 heavy (non-hydrogen) atoms. The smallest absolute Gasteiger partial charge is 0.266 e. The third kappa shape index (κ3) is 3.16. The monoisotopic (exact) mass is 275 g/mol. The predicted octanol–water partition coefficient (Wildman–Crippen LogP) is 0.893. The van der Waals surface area contributed by atoms with Gasteiger partial charge in [0.25, 0.3) is 5.91 Å². The third-order valence-corrected chi connectivity index (χ3v) is 3.00. The molecule has 0 fully saturated rings. The summed E-state index contributed by atoms with van der Waals surface area (Å²) in [6.45, 7) is 1.38. The van der Waals surface area contributed by atoms with Crippen LogP contribution in [0.4, 0.5) is 0 Å².